The van der Waals surface area contributed by atoms with E-state index in [9.17, 15) is 4.79 Å². The van der Waals surface area contributed by atoms with Gasteiger partial charge in [-0.3, -0.25) is 4.79 Å². The van der Waals surface area contributed by atoms with Crippen LogP contribution in [0.1, 0.15) is 25.7 Å². The van der Waals surface area contributed by atoms with Gasteiger partial charge in [0.15, 0.2) is 5.79 Å². The number of piperidine rings is 1. The molecule has 3 saturated heterocycles. The van der Waals surface area contributed by atoms with Gasteiger partial charge in [0.05, 0.1) is 13.2 Å². The lowest BCUT2D eigenvalue weighted by Gasteiger charge is -2.46. The number of amides is 1. The second-order valence-corrected chi connectivity index (χ2v) is 6.69. The van der Waals surface area contributed by atoms with Gasteiger partial charge in [-0.05, 0) is 24.8 Å². The maximum atomic E-state index is 13.2. The molecule has 5 heteroatoms. The Bertz CT molecular complexity index is 522. The molecular formula is C17H24N2O3. The van der Waals surface area contributed by atoms with Gasteiger partial charge < -0.3 is 19.7 Å². The van der Waals surface area contributed by atoms with Crippen LogP contribution in [0.3, 0.4) is 0 Å². The smallest absolute Gasteiger partial charge is 0.235 e. The van der Waals surface area contributed by atoms with Crippen LogP contribution in [0.5, 0.6) is 0 Å². The summed E-state index contributed by atoms with van der Waals surface area (Å²) in [5, 5.41) is 3.39. The highest BCUT2D eigenvalue weighted by molar-refractivity contribution is 5.87. The molecule has 2 spiro atoms. The predicted molar refractivity (Wildman–Crippen MR) is 82.2 cm³/mol. The quantitative estimate of drug-likeness (QED) is 0.833. The molecule has 5 nitrogen and oxygen atoms in total. The van der Waals surface area contributed by atoms with Crippen LogP contribution in [-0.4, -0.2) is 56.0 Å². The Labute approximate surface area is 131 Å². The van der Waals surface area contributed by atoms with Crippen LogP contribution in [0.25, 0.3) is 0 Å². The van der Waals surface area contributed by atoms with E-state index < -0.39 is 11.2 Å². The molecule has 1 unspecified atom stereocenters. The first-order chi connectivity index (χ1) is 10.8. The molecule has 0 bridgehead atoms. The number of ether oxygens (including phenoxy) is 2. The van der Waals surface area contributed by atoms with Gasteiger partial charge in [-0.1, -0.05) is 18.2 Å². The molecule has 1 aliphatic carbocycles. The number of nitrogens with one attached hydrogen (secondary N) is 1. The lowest BCUT2D eigenvalue weighted by Crippen LogP contribution is -2.63. The summed E-state index contributed by atoms with van der Waals surface area (Å²) in [5.41, 5.74) is 0.712. The highest BCUT2D eigenvalue weighted by atomic mass is 16.7. The zero-order valence-corrected chi connectivity index (χ0v) is 13.0. The SMILES string of the molecule is O=C1N(CC2=CCCC=C2)CCC12CNCCC21OCCO1. The summed E-state index contributed by atoms with van der Waals surface area (Å²) in [5.74, 6) is -0.498. The Kier molecular flexibility index (Phi) is 3.59. The lowest BCUT2D eigenvalue weighted by atomic mass is 9.73. The van der Waals surface area contributed by atoms with Crippen LogP contribution >= 0.6 is 0 Å². The second-order valence-electron chi connectivity index (χ2n) is 6.69. The lowest BCUT2D eigenvalue weighted by molar-refractivity contribution is -0.242. The fourth-order valence-electron chi connectivity index (χ4n) is 4.31. The Morgan fingerprint density at radius 2 is 2.09 bits per heavy atom. The molecule has 22 heavy (non-hydrogen) atoms. The third-order valence-electron chi connectivity index (χ3n) is 5.49. The van der Waals surface area contributed by atoms with Crippen molar-refractivity contribution >= 4 is 5.91 Å². The van der Waals surface area contributed by atoms with Crippen LogP contribution in [0.15, 0.2) is 23.8 Å². The number of nitrogens with zero attached hydrogens (tertiary/aromatic N) is 1. The summed E-state index contributed by atoms with van der Waals surface area (Å²) >= 11 is 0. The molecule has 4 rings (SSSR count). The van der Waals surface area contributed by atoms with Gasteiger partial charge in [0, 0.05) is 32.6 Å². The van der Waals surface area contributed by atoms with E-state index in [1.807, 2.05) is 4.90 Å². The average molecular weight is 304 g/mol. The van der Waals surface area contributed by atoms with Crippen molar-refractivity contribution in [1.29, 1.82) is 0 Å². The monoisotopic (exact) mass is 304 g/mol. The normalized spacial score (nSPS) is 33.9. The Morgan fingerprint density at radius 1 is 1.23 bits per heavy atom. The zero-order chi connectivity index (χ0) is 15.0. The number of carbonyl (C=O) groups is 1. The summed E-state index contributed by atoms with van der Waals surface area (Å²) in [7, 11) is 0. The Morgan fingerprint density at radius 3 is 2.86 bits per heavy atom. The fraction of sp³-hybridized carbons (Fsp3) is 0.706. The number of hydrogen-bond acceptors (Lipinski definition) is 4. The zero-order valence-electron chi connectivity index (χ0n) is 13.0. The summed E-state index contributed by atoms with van der Waals surface area (Å²) in [4.78, 5) is 15.2. The van der Waals surface area contributed by atoms with Crippen molar-refractivity contribution < 1.29 is 14.3 Å². The molecule has 0 aromatic rings. The number of fused-ring (bicyclic) bond motifs is 1. The first kappa shape index (κ1) is 14.4. The van der Waals surface area contributed by atoms with Gasteiger partial charge >= 0.3 is 0 Å². The molecule has 0 radical (unpaired) electrons. The van der Waals surface area contributed by atoms with E-state index in [4.69, 9.17) is 9.47 Å². The maximum Gasteiger partial charge on any atom is 0.235 e. The highest BCUT2D eigenvalue weighted by Crippen LogP contribution is 2.49. The van der Waals surface area contributed by atoms with Gasteiger partial charge in [0.1, 0.15) is 5.41 Å². The van der Waals surface area contributed by atoms with E-state index in [0.717, 1.165) is 38.8 Å². The minimum atomic E-state index is -0.694. The molecule has 4 aliphatic rings. The summed E-state index contributed by atoms with van der Waals surface area (Å²) in [6.07, 6.45) is 10.4. The Hall–Kier alpha value is -1.17. The number of rotatable bonds is 2. The van der Waals surface area contributed by atoms with Gasteiger partial charge in [-0.2, -0.15) is 0 Å². The number of allylic oxidation sites excluding steroid dienone is 2. The number of hydrogen-bond donors (Lipinski definition) is 1. The third kappa shape index (κ3) is 2.07. The molecule has 1 atom stereocenters. The van der Waals surface area contributed by atoms with Gasteiger partial charge in [-0.25, -0.2) is 0 Å². The highest BCUT2D eigenvalue weighted by Gasteiger charge is 2.64. The van der Waals surface area contributed by atoms with E-state index in [-0.39, 0.29) is 5.91 Å². The van der Waals surface area contributed by atoms with Crippen molar-refractivity contribution in [2.75, 3.05) is 39.4 Å². The van der Waals surface area contributed by atoms with Crippen LogP contribution < -0.4 is 5.32 Å². The van der Waals surface area contributed by atoms with Gasteiger partial charge in [0.25, 0.3) is 0 Å². The first-order valence-corrected chi connectivity index (χ1v) is 8.39. The van der Waals surface area contributed by atoms with Crippen molar-refractivity contribution in [3.05, 3.63) is 23.8 Å². The van der Waals surface area contributed by atoms with E-state index in [1.54, 1.807) is 0 Å². The molecule has 1 amide bonds. The number of likely N-dealkylation sites (tertiary alicyclic amines) is 1. The van der Waals surface area contributed by atoms with E-state index in [0.29, 0.717) is 26.3 Å². The summed E-state index contributed by atoms with van der Waals surface area (Å²) in [6.45, 7) is 4.22. The predicted octanol–water partition coefficient (Wildman–Crippen LogP) is 1.22. The van der Waals surface area contributed by atoms with Crippen molar-refractivity contribution in [2.45, 2.75) is 31.5 Å². The van der Waals surface area contributed by atoms with Crippen molar-refractivity contribution in [3.8, 4) is 0 Å². The largest absolute Gasteiger partial charge is 0.346 e. The molecule has 3 heterocycles. The van der Waals surface area contributed by atoms with Crippen LogP contribution in [0.2, 0.25) is 0 Å². The third-order valence-corrected chi connectivity index (χ3v) is 5.49. The first-order valence-electron chi connectivity index (χ1n) is 8.39. The van der Waals surface area contributed by atoms with Crippen molar-refractivity contribution in [2.24, 2.45) is 5.41 Å². The standard InChI is InChI=1S/C17H24N2O3/c20-15-16(13-18-8-6-17(16)21-10-11-22-17)7-9-19(15)12-14-4-2-1-3-5-14/h2,4-5,18H,1,3,6-13H2. The van der Waals surface area contributed by atoms with Crippen molar-refractivity contribution in [3.63, 3.8) is 0 Å². The van der Waals surface area contributed by atoms with Crippen molar-refractivity contribution in [1.82, 2.24) is 10.2 Å². The molecule has 0 aromatic carbocycles. The van der Waals surface area contributed by atoms with Gasteiger partial charge in [0.2, 0.25) is 5.91 Å². The molecule has 1 N–H and O–H groups in total. The summed E-state index contributed by atoms with van der Waals surface area (Å²) < 4.78 is 12.0. The minimum Gasteiger partial charge on any atom is -0.346 e. The molecular weight excluding hydrogens is 280 g/mol. The van der Waals surface area contributed by atoms with Crippen LogP contribution in [-0.2, 0) is 14.3 Å². The molecule has 0 aromatic heterocycles. The van der Waals surface area contributed by atoms with Crippen LogP contribution in [0, 0.1) is 5.41 Å². The van der Waals surface area contributed by atoms with E-state index >= 15 is 0 Å². The minimum absolute atomic E-state index is 0.196. The topological polar surface area (TPSA) is 50.8 Å². The molecule has 3 aliphatic heterocycles. The fourth-order valence-corrected chi connectivity index (χ4v) is 4.31. The Balaban J connectivity index is 1.56. The van der Waals surface area contributed by atoms with Gasteiger partial charge in [-0.15, -0.1) is 0 Å². The van der Waals surface area contributed by atoms with E-state index in [2.05, 4.69) is 23.5 Å². The number of carbonyl (C=O) groups excluding carboxylic acids is 1. The van der Waals surface area contributed by atoms with E-state index in [1.165, 1.54) is 5.57 Å². The maximum absolute atomic E-state index is 13.2. The molecule has 120 valence electrons. The molecule has 0 saturated carbocycles. The molecule has 3 fully saturated rings. The summed E-state index contributed by atoms with van der Waals surface area (Å²) in [6, 6.07) is 0. The van der Waals surface area contributed by atoms with Crippen LogP contribution in [0.4, 0.5) is 0 Å². The average Bonchev–Trinajstić information content (AvgIpc) is 3.13. The second kappa shape index (κ2) is 5.48.